The van der Waals surface area contributed by atoms with Gasteiger partial charge in [-0.25, -0.2) is 8.42 Å². The first kappa shape index (κ1) is 14.8. The van der Waals surface area contributed by atoms with Crippen LogP contribution in [-0.2, 0) is 10.0 Å². The van der Waals surface area contributed by atoms with Crippen molar-refractivity contribution in [2.24, 2.45) is 0 Å². The van der Waals surface area contributed by atoms with Crippen molar-refractivity contribution in [3.8, 4) is 0 Å². The zero-order chi connectivity index (χ0) is 13.8. The number of hydrogen-bond donors (Lipinski definition) is 1. The molecule has 0 spiro atoms. The molecule has 0 aliphatic rings. The molecular weight excluding hydrogens is 252 g/mol. The maximum absolute atomic E-state index is 12.2. The molecule has 0 unspecified atom stereocenters. The SMILES string of the molecule is CNCCN(C)S(=O)(=O)c1cccc(C(C)=O)c1. The van der Waals surface area contributed by atoms with Crippen LogP contribution in [0, 0.1) is 0 Å². The van der Waals surface area contributed by atoms with Gasteiger partial charge in [0.1, 0.15) is 0 Å². The maximum Gasteiger partial charge on any atom is 0.242 e. The lowest BCUT2D eigenvalue weighted by Crippen LogP contribution is -2.32. The molecule has 5 nitrogen and oxygen atoms in total. The van der Waals surface area contributed by atoms with Gasteiger partial charge in [-0.2, -0.15) is 4.31 Å². The number of nitrogens with one attached hydrogen (secondary N) is 1. The molecule has 1 rings (SSSR count). The van der Waals surface area contributed by atoms with Gasteiger partial charge < -0.3 is 5.32 Å². The maximum atomic E-state index is 12.2. The highest BCUT2D eigenvalue weighted by molar-refractivity contribution is 7.89. The quantitative estimate of drug-likeness (QED) is 0.774. The molecule has 6 heteroatoms. The number of sulfonamides is 1. The zero-order valence-corrected chi connectivity index (χ0v) is 11.6. The smallest absolute Gasteiger partial charge is 0.242 e. The molecule has 1 N–H and O–H groups in total. The summed E-state index contributed by atoms with van der Waals surface area (Å²) in [6.07, 6.45) is 0. The fraction of sp³-hybridized carbons (Fsp3) is 0.417. The second kappa shape index (κ2) is 6.08. The molecule has 0 heterocycles. The molecule has 0 aliphatic carbocycles. The molecule has 0 amide bonds. The monoisotopic (exact) mass is 270 g/mol. The minimum absolute atomic E-state index is 0.147. The number of hydrogen-bond acceptors (Lipinski definition) is 4. The van der Waals surface area contributed by atoms with Crippen molar-refractivity contribution in [2.45, 2.75) is 11.8 Å². The molecule has 0 radical (unpaired) electrons. The second-order valence-electron chi connectivity index (χ2n) is 4.01. The van der Waals surface area contributed by atoms with E-state index in [0.29, 0.717) is 18.7 Å². The van der Waals surface area contributed by atoms with E-state index < -0.39 is 10.0 Å². The van der Waals surface area contributed by atoms with Crippen LogP contribution >= 0.6 is 0 Å². The lowest BCUT2D eigenvalue weighted by atomic mass is 10.2. The van der Waals surface area contributed by atoms with Crippen molar-refractivity contribution in [3.05, 3.63) is 29.8 Å². The first-order valence-corrected chi connectivity index (χ1v) is 7.05. The Morgan fingerprint density at radius 1 is 1.39 bits per heavy atom. The predicted octanol–water partition coefficient (Wildman–Crippen LogP) is 0.729. The molecule has 1 aromatic rings. The third-order valence-electron chi connectivity index (χ3n) is 2.63. The van der Waals surface area contributed by atoms with Gasteiger partial charge >= 0.3 is 0 Å². The summed E-state index contributed by atoms with van der Waals surface area (Å²) in [5.41, 5.74) is 0.401. The van der Waals surface area contributed by atoms with Gasteiger partial charge in [0.05, 0.1) is 4.90 Å². The van der Waals surface area contributed by atoms with Gasteiger partial charge in [-0.3, -0.25) is 4.79 Å². The van der Waals surface area contributed by atoms with Gasteiger partial charge in [-0.15, -0.1) is 0 Å². The number of Topliss-reactive ketones (excluding diaryl/α,β-unsaturated/α-hetero) is 1. The lowest BCUT2D eigenvalue weighted by molar-refractivity contribution is 0.101. The molecule has 0 saturated carbocycles. The van der Waals surface area contributed by atoms with Crippen LogP contribution in [0.25, 0.3) is 0 Å². The van der Waals surface area contributed by atoms with Crippen molar-refractivity contribution in [1.82, 2.24) is 9.62 Å². The van der Waals surface area contributed by atoms with Gasteiger partial charge in [0.15, 0.2) is 5.78 Å². The summed E-state index contributed by atoms with van der Waals surface area (Å²) in [6.45, 7) is 2.36. The van der Waals surface area contributed by atoms with Crippen molar-refractivity contribution in [3.63, 3.8) is 0 Å². The first-order chi connectivity index (χ1) is 8.39. The minimum Gasteiger partial charge on any atom is -0.318 e. The standard InChI is InChI=1S/C12H18N2O3S/c1-10(15)11-5-4-6-12(9-11)18(16,17)14(3)8-7-13-2/h4-6,9,13H,7-8H2,1-3H3. The summed E-state index contributed by atoms with van der Waals surface area (Å²) in [7, 11) is -0.244. The molecule has 0 aromatic heterocycles. The van der Waals surface area contributed by atoms with E-state index in [9.17, 15) is 13.2 Å². The van der Waals surface area contributed by atoms with Crippen LogP contribution in [-0.4, -0.2) is 45.7 Å². The van der Waals surface area contributed by atoms with Gasteiger partial charge in [0.2, 0.25) is 10.0 Å². The van der Waals surface area contributed by atoms with Crippen LogP contribution < -0.4 is 5.32 Å². The molecule has 0 bridgehead atoms. The number of ketones is 1. The van der Waals surface area contributed by atoms with E-state index >= 15 is 0 Å². The Bertz CT molecular complexity index is 526. The van der Waals surface area contributed by atoms with Crippen LogP contribution in [0.2, 0.25) is 0 Å². The topological polar surface area (TPSA) is 66.5 Å². The average Bonchev–Trinajstić information content (AvgIpc) is 2.35. The van der Waals surface area contributed by atoms with Crippen LogP contribution in [0.3, 0.4) is 0 Å². The Hall–Kier alpha value is -1.24. The Morgan fingerprint density at radius 3 is 2.61 bits per heavy atom. The summed E-state index contributed by atoms with van der Waals surface area (Å²) in [5, 5.41) is 2.89. The number of likely N-dealkylation sites (N-methyl/N-ethyl adjacent to an activating group) is 2. The van der Waals surface area contributed by atoms with E-state index in [4.69, 9.17) is 0 Å². The fourth-order valence-corrected chi connectivity index (χ4v) is 2.66. The Morgan fingerprint density at radius 2 is 2.06 bits per heavy atom. The molecule has 0 aliphatic heterocycles. The number of benzene rings is 1. The highest BCUT2D eigenvalue weighted by atomic mass is 32.2. The van der Waals surface area contributed by atoms with E-state index in [1.165, 1.54) is 30.4 Å². The molecule has 1 aromatic carbocycles. The summed E-state index contributed by atoms with van der Waals surface area (Å²) in [5.74, 6) is -0.148. The molecule has 18 heavy (non-hydrogen) atoms. The number of rotatable bonds is 6. The Balaban J connectivity index is 3.04. The van der Waals surface area contributed by atoms with Gasteiger partial charge in [-0.05, 0) is 26.1 Å². The van der Waals surface area contributed by atoms with Crippen LogP contribution in [0.15, 0.2) is 29.2 Å². The van der Waals surface area contributed by atoms with Crippen molar-refractivity contribution in [2.75, 3.05) is 27.2 Å². The number of carbonyl (C=O) groups is 1. The van der Waals surface area contributed by atoms with Crippen LogP contribution in [0.1, 0.15) is 17.3 Å². The van der Waals surface area contributed by atoms with Crippen molar-refractivity contribution >= 4 is 15.8 Å². The fourth-order valence-electron chi connectivity index (χ4n) is 1.44. The van der Waals surface area contributed by atoms with E-state index in [-0.39, 0.29) is 10.7 Å². The normalized spacial score (nSPS) is 11.8. The summed E-state index contributed by atoms with van der Waals surface area (Å²) < 4.78 is 25.7. The number of carbonyl (C=O) groups excluding carboxylic acids is 1. The van der Waals surface area contributed by atoms with Gasteiger partial charge in [0.25, 0.3) is 0 Å². The van der Waals surface area contributed by atoms with Crippen LogP contribution in [0.5, 0.6) is 0 Å². The third-order valence-corrected chi connectivity index (χ3v) is 4.48. The zero-order valence-electron chi connectivity index (χ0n) is 10.8. The summed E-state index contributed by atoms with van der Waals surface area (Å²) in [6, 6.07) is 6.09. The second-order valence-corrected chi connectivity index (χ2v) is 6.06. The number of nitrogens with zero attached hydrogens (tertiary/aromatic N) is 1. The molecule has 0 atom stereocenters. The summed E-state index contributed by atoms with van der Waals surface area (Å²) >= 11 is 0. The van der Waals surface area contributed by atoms with E-state index in [1.54, 1.807) is 19.2 Å². The molecule has 0 saturated heterocycles. The Labute approximate surface area is 108 Å². The van der Waals surface area contributed by atoms with Crippen molar-refractivity contribution < 1.29 is 13.2 Å². The highest BCUT2D eigenvalue weighted by Crippen LogP contribution is 2.15. The van der Waals surface area contributed by atoms with E-state index in [0.717, 1.165) is 0 Å². The van der Waals surface area contributed by atoms with Crippen LogP contribution in [0.4, 0.5) is 0 Å². The highest BCUT2D eigenvalue weighted by Gasteiger charge is 2.20. The van der Waals surface area contributed by atoms with Gasteiger partial charge in [0, 0.05) is 25.7 Å². The lowest BCUT2D eigenvalue weighted by Gasteiger charge is -2.17. The summed E-state index contributed by atoms with van der Waals surface area (Å²) in [4.78, 5) is 11.4. The third kappa shape index (κ3) is 3.38. The molecule has 0 fully saturated rings. The largest absolute Gasteiger partial charge is 0.318 e. The molecular formula is C12H18N2O3S. The molecule has 100 valence electrons. The van der Waals surface area contributed by atoms with Gasteiger partial charge in [-0.1, -0.05) is 12.1 Å². The Kier molecular flexibility index (Phi) is 5.01. The van der Waals surface area contributed by atoms with Crippen molar-refractivity contribution in [1.29, 1.82) is 0 Å². The average molecular weight is 270 g/mol. The minimum atomic E-state index is -3.53. The van der Waals surface area contributed by atoms with E-state index in [2.05, 4.69) is 5.32 Å². The van der Waals surface area contributed by atoms with E-state index in [1.807, 2.05) is 0 Å². The predicted molar refractivity (Wildman–Crippen MR) is 70.2 cm³/mol. The first-order valence-electron chi connectivity index (χ1n) is 5.61.